The summed E-state index contributed by atoms with van der Waals surface area (Å²) in [6.45, 7) is 8.47. The number of rotatable bonds is 6. The Labute approximate surface area is 155 Å². The van der Waals surface area contributed by atoms with Gasteiger partial charge in [0.05, 0.1) is 6.42 Å². The molecule has 144 valence electrons. The van der Waals surface area contributed by atoms with Crippen LogP contribution in [-0.2, 0) is 22.4 Å². The largest absolute Gasteiger partial charge is 0.481 e. The molecule has 2 N–H and O–H groups in total. The summed E-state index contributed by atoms with van der Waals surface area (Å²) in [5.41, 5.74) is 1.58. The summed E-state index contributed by atoms with van der Waals surface area (Å²) in [4.78, 5) is 24.9. The first-order valence-electron chi connectivity index (χ1n) is 9.23. The van der Waals surface area contributed by atoms with E-state index >= 15 is 0 Å². The van der Waals surface area contributed by atoms with Gasteiger partial charge in [0.1, 0.15) is 5.60 Å². The second-order valence-electron chi connectivity index (χ2n) is 7.90. The lowest BCUT2D eigenvalue weighted by Gasteiger charge is -2.32. The normalized spacial score (nSPS) is 16.3. The number of nitrogens with one attached hydrogen (secondary N) is 1. The first-order valence-corrected chi connectivity index (χ1v) is 9.23. The predicted molar refractivity (Wildman–Crippen MR) is 100 cm³/mol. The number of benzene rings is 1. The average molecular weight is 362 g/mol. The number of carbonyl (C=O) groups excluding carboxylic acids is 1. The van der Waals surface area contributed by atoms with E-state index in [1.807, 2.05) is 45.0 Å². The van der Waals surface area contributed by atoms with Gasteiger partial charge in [-0.05, 0) is 51.2 Å². The molecule has 1 fully saturated rings. The highest BCUT2D eigenvalue weighted by Gasteiger charge is 2.23. The summed E-state index contributed by atoms with van der Waals surface area (Å²) in [6.07, 6.45) is 2.53. The van der Waals surface area contributed by atoms with Gasteiger partial charge in [-0.3, -0.25) is 4.79 Å². The minimum absolute atomic E-state index is 0.0679. The van der Waals surface area contributed by atoms with E-state index in [1.54, 1.807) is 0 Å². The van der Waals surface area contributed by atoms with Crippen molar-refractivity contribution in [3.63, 3.8) is 0 Å². The van der Waals surface area contributed by atoms with Crippen molar-refractivity contribution in [2.75, 3.05) is 19.6 Å². The fourth-order valence-corrected chi connectivity index (χ4v) is 3.06. The molecule has 0 unspecified atom stereocenters. The summed E-state index contributed by atoms with van der Waals surface area (Å²) in [5, 5.41) is 11.8. The minimum atomic E-state index is -0.805. The van der Waals surface area contributed by atoms with E-state index in [2.05, 4.69) is 10.2 Å². The lowest BCUT2D eigenvalue weighted by molar-refractivity contribution is -0.136. The fraction of sp³-hybridized carbons (Fsp3) is 0.600. The van der Waals surface area contributed by atoms with Crippen molar-refractivity contribution < 1.29 is 19.4 Å². The molecule has 2 rings (SSSR count). The molecule has 1 aromatic carbocycles. The van der Waals surface area contributed by atoms with Crippen LogP contribution in [0.3, 0.4) is 0 Å². The molecule has 1 aliphatic rings. The highest BCUT2D eigenvalue weighted by molar-refractivity contribution is 5.70. The highest BCUT2D eigenvalue weighted by Crippen LogP contribution is 2.14. The molecular weight excluding hydrogens is 332 g/mol. The maximum atomic E-state index is 11.8. The van der Waals surface area contributed by atoms with Gasteiger partial charge >= 0.3 is 12.1 Å². The van der Waals surface area contributed by atoms with E-state index in [-0.39, 0.29) is 18.6 Å². The number of alkyl carbamates (subject to hydrolysis) is 1. The average Bonchev–Trinajstić information content (AvgIpc) is 2.53. The van der Waals surface area contributed by atoms with Crippen LogP contribution in [0, 0.1) is 0 Å². The van der Waals surface area contributed by atoms with E-state index in [0.717, 1.165) is 44.5 Å². The number of carboxylic acids is 1. The van der Waals surface area contributed by atoms with E-state index in [4.69, 9.17) is 9.84 Å². The van der Waals surface area contributed by atoms with Gasteiger partial charge in [0.2, 0.25) is 0 Å². The van der Waals surface area contributed by atoms with Gasteiger partial charge in [-0.15, -0.1) is 0 Å². The zero-order valence-corrected chi connectivity index (χ0v) is 16.0. The summed E-state index contributed by atoms with van der Waals surface area (Å²) in [5.74, 6) is -0.805. The Morgan fingerprint density at radius 1 is 1.15 bits per heavy atom. The van der Waals surface area contributed by atoms with Crippen LogP contribution in [0.4, 0.5) is 4.79 Å². The van der Waals surface area contributed by atoms with Crippen LogP contribution in [0.15, 0.2) is 24.3 Å². The maximum Gasteiger partial charge on any atom is 0.407 e. The SMILES string of the molecule is CC(C)(C)OC(=O)NC1CCN(CCc2ccc(CC(=O)O)cc2)CC1. The van der Waals surface area contributed by atoms with E-state index in [9.17, 15) is 9.59 Å². The molecule has 1 amide bonds. The molecule has 0 atom stereocenters. The maximum absolute atomic E-state index is 11.8. The molecule has 0 saturated carbocycles. The highest BCUT2D eigenvalue weighted by atomic mass is 16.6. The summed E-state index contributed by atoms with van der Waals surface area (Å²) in [6, 6.07) is 7.97. The summed E-state index contributed by atoms with van der Waals surface area (Å²) in [7, 11) is 0. The van der Waals surface area contributed by atoms with Crippen molar-refractivity contribution in [2.24, 2.45) is 0 Å². The van der Waals surface area contributed by atoms with E-state index in [1.165, 1.54) is 5.56 Å². The Morgan fingerprint density at radius 2 is 1.73 bits per heavy atom. The van der Waals surface area contributed by atoms with Crippen LogP contribution in [0.2, 0.25) is 0 Å². The zero-order valence-electron chi connectivity index (χ0n) is 16.0. The fourth-order valence-electron chi connectivity index (χ4n) is 3.06. The van der Waals surface area contributed by atoms with Crippen molar-refractivity contribution in [1.29, 1.82) is 0 Å². The molecule has 0 aromatic heterocycles. The third-order valence-corrected chi connectivity index (χ3v) is 4.40. The Balaban J connectivity index is 1.68. The van der Waals surface area contributed by atoms with Crippen molar-refractivity contribution >= 4 is 12.1 Å². The van der Waals surface area contributed by atoms with Crippen LogP contribution in [0.1, 0.15) is 44.7 Å². The van der Waals surface area contributed by atoms with Crippen LogP contribution in [-0.4, -0.2) is 53.3 Å². The first-order chi connectivity index (χ1) is 12.2. The van der Waals surface area contributed by atoms with Gasteiger partial charge in [-0.25, -0.2) is 4.79 Å². The standard InChI is InChI=1S/C20H30N2O4/c1-20(2,3)26-19(25)21-17-9-12-22(13-10-17)11-8-15-4-6-16(7-5-15)14-18(23)24/h4-7,17H,8-14H2,1-3H3,(H,21,25)(H,23,24). The molecule has 6 heteroatoms. The number of likely N-dealkylation sites (tertiary alicyclic amines) is 1. The molecule has 1 saturated heterocycles. The topological polar surface area (TPSA) is 78.9 Å². The van der Waals surface area contributed by atoms with Crippen molar-refractivity contribution in [3.8, 4) is 0 Å². The number of carboxylic acid groups (broad SMARTS) is 1. The monoisotopic (exact) mass is 362 g/mol. The lowest BCUT2D eigenvalue weighted by Crippen LogP contribution is -2.46. The van der Waals surface area contributed by atoms with Crippen LogP contribution in [0.5, 0.6) is 0 Å². The number of hydrogen-bond donors (Lipinski definition) is 2. The molecule has 0 radical (unpaired) electrons. The van der Waals surface area contributed by atoms with Gasteiger partial charge in [-0.1, -0.05) is 24.3 Å². The van der Waals surface area contributed by atoms with Crippen LogP contribution >= 0.6 is 0 Å². The third kappa shape index (κ3) is 7.44. The number of ether oxygens (including phenoxy) is 1. The number of amides is 1. The Morgan fingerprint density at radius 3 is 2.27 bits per heavy atom. The Kier molecular flexibility index (Phi) is 7.03. The molecule has 0 spiro atoms. The third-order valence-electron chi connectivity index (χ3n) is 4.40. The molecule has 6 nitrogen and oxygen atoms in total. The predicted octanol–water partition coefficient (Wildman–Crippen LogP) is 2.85. The number of hydrogen-bond acceptors (Lipinski definition) is 4. The number of nitrogens with zero attached hydrogens (tertiary/aromatic N) is 1. The molecule has 26 heavy (non-hydrogen) atoms. The molecule has 1 heterocycles. The first kappa shape index (κ1) is 20.2. The van der Waals surface area contributed by atoms with Crippen molar-refractivity contribution in [2.45, 2.75) is 58.1 Å². The second kappa shape index (κ2) is 9.03. The smallest absolute Gasteiger partial charge is 0.407 e. The van der Waals surface area contributed by atoms with Crippen LogP contribution in [0.25, 0.3) is 0 Å². The Bertz CT molecular complexity index is 599. The number of aliphatic carboxylic acids is 1. The molecular formula is C20H30N2O4. The van der Waals surface area contributed by atoms with E-state index in [0.29, 0.717) is 0 Å². The second-order valence-corrected chi connectivity index (χ2v) is 7.90. The zero-order chi connectivity index (χ0) is 19.2. The minimum Gasteiger partial charge on any atom is -0.481 e. The van der Waals surface area contributed by atoms with Gasteiger partial charge in [-0.2, -0.15) is 0 Å². The quantitative estimate of drug-likeness (QED) is 0.813. The van der Waals surface area contributed by atoms with Gasteiger partial charge < -0.3 is 20.1 Å². The van der Waals surface area contributed by atoms with Gasteiger partial charge in [0, 0.05) is 25.7 Å². The van der Waals surface area contributed by atoms with E-state index < -0.39 is 11.6 Å². The number of piperidine rings is 1. The molecule has 0 aliphatic carbocycles. The summed E-state index contributed by atoms with van der Waals surface area (Å²) >= 11 is 0. The molecule has 0 bridgehead atoms. The van der Waals surface area contributed by atoms with Crippen molar-refractivity contribution in [3.05, 3.63) is 35.4 Å². The summed E-state index contributed by atoms with van der Waals surface area (Å²) < 4.78 is 5.31. The van der Waals surface area contributed by atoms with Crippen LogP contribution < -0.4 is 5.32 Å². The van der Waals surface area contributed by atoms with Gasteiger partial charge in [0.15, 0.2) is 0 Å². The molecule has 1 aliphatic heterocycles. The van der Waals surface area contributed by atoms with Crippen molar-refractivity contribution in [1.82, 2.24) is 10.2 Å². The Hall–Kier alpha value is -2.08. The lowest BCUT2D eigenvalue weighted by atomic mass is 10.0. The van der Waals surface area contributed by atoms with Gasteiger partial charge in [0.25, 0.3) is 0 Å². The number of carbonyl (C=O) groups is 2. The molecule has 1 aromatic rings.